The number of hydrogen-bond acceptors (Lipinski definition) is 2. The van der Waals surface area contributed by atoms with Crippen LogP contribution in [-0.2, 0) is 0 Å². The zero-order valence-electron chi connectivity index (χ0n) is 7.99. The van der Waals surface area contributed by atoms with Gasteiger partial charge in [0.15, 0.2) is 0 Å². The van der Waals surface area contributed by atoms with E-state index in [4.69, 9.17) is 4.42 Å². The normalized spacial score (nSPS) is 20.3. The number of furan rings is 1. The Labute approximate surface area is 86.3 Å². The van der Waals surface area contributed by atoms with Crippen molar-refractivity contribution >= 4 is 17.0 Å². The maximum atomic E-state index is 11.0. The summed E-state index contributed by atoms with van der Waals surface area (Å²) < 4.78 is 5.42. The molecule has 4 heteroatoms. The van der Waals surface area contributed by atoms with Gasteiger partial charge < -0.3 is 15.1 Å². The number of carbonyl (C=O) groups is 1. The van der Waals surface area contributed by atoms with E-state index in [0.29, 0.717) is 6.54 Å². The lowest BCUT2D eigenvalue weighted by Gasteiger charge is -2.05. The van der Waals surface area contributed by atoms with Crippen LogP contribution in [0.1, 0.15) is 11.6 Å². The zero-order valence-corrected chi connectivity index (χ0v) is 7.99. The molecule has 1 aliphatic rings. The SMILES string of the molecule is O=C1NCC(c2coc3ccccc23)N1. The predicted molar refractivity (Wildman–Crippen MR) is 55.5 cm³/mol. The summed E-state index contributed by atoms with van der Waals surface area (Å²) in [4.78, 5) is 11.0. The van der Waals surface area contributed by atoms with Gasteiger partial charge in [-0.1, -0.05) is 18.2 Å². The van der Waals surface area contributed by atoms with E-state index in [9.17, 15) is 4.79 Å². The van der Waals surface area contributed by atoms with Crippen molar-refractivity contribution in [3.05, 3.63) is 36.1 Å². The third kappa shape index (κ3) is 1.26. The molecule has 0 radical (unpaired) electrons. The second-order valence-corrected chi connectivity index (χ2v) is 3.59. The Hall–Kier alpha value is -1.97. The highest BCUT2D eigenvalue weighted by Gasteiger charge is 2.24. The van der Waals surface area contributed by atoms with E-state index < -0.39 is 0 Å². The number of rotatable bonds is 1. The van der Waals surface area contributed by atoms with Gasteiger partial charge in [-0.15, -0.1) is 0 Å². The van der Waals surface area contributed by atoms with Crippen LogP contribution in [0.4, 0.5) is 4.79 Å². The lowest BCUT2D eigenvalue weighted by atomic mass is 10.1. The van der Waals surface area contributed by atoms with E-state index in [1.165, 1.54) is 0 Å². The quantitative estimate of drug-likeness (QED) is 0.740. The molecular formula is C11H10N2O2. The molecular weight excluding hydrogens is 192 g/mol. The molecule has 0 spiro atoms. The highest BCUT2D eigenvalue weighted by molar-refractivity contribution is 5.84. The molecule has 0 saturated carbocycles. The first-order valence-electron chi connectivity index (χ1n) is 4.85. The van der Waals surface area contributed by atoms with Crippen molar-refractivity contribution in [3.8, 4) is 0 Å². The molecule has 1 saturated heterocycles. The minimum absolute atomic E-state index is 0.0150. The third-order valence-corrected chi connectivity index (χ3v) is 2.66. The number of benzene rings is 1. The van der Waals surface area contributed by atoms with Crippen LogP contribution in [0, 0.1) is 0 Å². The average Bonchev–Trinajstić information content (AvgIpc) is 2.83. The van der Waals surface area contributed by atoms with Crippen LogP contribution in [0.15, 0.2) is 34.9 Å². The molecule has 1 unspecified atom stereocenters. The molecule has 1 atom stereocenters. The number of fused-ring (bicyclic) bond motifs is 1. The molecule has 15 heavy (non-hydrogen) atoms. The first-order valence-corrected chi connectivity index (χ1v) is 4.85. The molecule has 2 N–H and O–H groups in total. The molecule has 3 rings (SSSR count). The first kappa shape index (κ1) is 8.35. The van der Waals surface area contributed by atoms with Crippen molar-refractivity contribution in [1.29, 1.82) is 0 Å². The summed E-state index contributed by atoms with van der Waals surface area (Å²) in [5.74, 6) is 0. The fourth-order valence-electron chi connectivity index (χ4n) is 1.91. The van der Waals surface area contributed by atoms with Gasteiger partial charge in [-0.3, -0.25) is 0 Å². The molecule has 1 aromatic carbocycles. The van der Waals surface area contributed by atoms with Gasteiger partial charge in [0.1, 0.15) is 5.58 Å². The molecule has 1 aromatic heterocycles. The fourth-order valence-corrected chi connectivity index (χ4v) is 1.91. The summed E-state index contributed by atoms with van der Waals surface area (Å²) in [6, 6.07) is 7.71. The minimum Gasteiger partial charge on any atom is -0.464 e. The monoisotopic (exact) mass is 202 g/mol. The number of carbonyl (C=O) groups excluding carboxylic acids is 1. The highest BCUT2D eigenvalue weighted by Crippen LogP contribution is 2.27. The summed E-state index contributed by atoms with van der Waals surface area (Å²) in [7, 11) is 0. The van der Waals surface area contributed by atoms with E-state index in [-0.39, 0.29) is 12.1 Å². The first-order chi connectivity index (χ1) is 7.34. The van der Waals surface area contributed by atoms with Crippen molar-refractivity contribution in [2.24, 2.45) is 0 Å². The molecule has 1 aliphatic heterocycles. The van der Waals surface area contributed by atoms with E-state index in [0.717, 1.165) is 16.5 Å². The number of hydrogen-bond donors (Lipinski definition) is 2. The summed E-state index contributed by atoms with van der Waals surface area (Å²) >= 11 is 0. The number of para-hydroxylation sites is 1. The molecule has 4 nitrogen and oxygen atoms in total. The van der Waals surface area contributed by atoms with Crippen LogP contribution >= 0.6 is 0 Å². The van der Waals surface area contributed by atoms with Crippen LogP contribution in [0.3, 0.4) is 0 Å². The Morgan fingerprint density at radius 3 is 3.00 bits per heavy atom. The van der Waals surface area contributed by atoms with Gasteiger partial charge in [0.25, 0.3) is 0 Å². The van der Waals surface area contributed by atoms with Crippen LogP contribution in [0.25, 0.3) is 11.0 Å². The van der Waals surface area contributed by atoms with Crippen molar-refractivity contribution in [2.75, 3.05) is 6.54 Å². The largest absolute Gasteiger partial charge is 0.464 e. The smallest absolute Gasteiger partial charge is 0.315 e. The van der Waals surface area contributed by atoms with Gasteiger partial charge >= 0.3 is 6.03 Å². The maximum Gasteiger partial charge on any atom is 0.315 e. The second kappa shape index (κ2) is 3.02. The van der Waals surface area contributed by atoms with Crippen LogP contribution in [-0.4, -0.2) is 12.6 Å². The molecule has 0 bridgehead atoms. The second-order valence-electron chi connectivity index (χ2n) is 3.59. The molecule has 2 heterocycles. The van der Waals surface area contributed by atoms with Gasteiger partial charge in [0.2, 0.25) is 0 Å². The minimum atomic E-state index is -0.120. The average molecular weight is 202 g/mol. The van der Waals surface area contributed by atoms with Crippen molar-refractivity contribution < 1.29 is 9.21 Å². The van der Waals surface area contributed by atoms with Crippen LogP contribution < -0.4 is 10.6 Å². The Balaban J connectivity index is 2.07. The lowest BCUT2D eigenvalue weighted by Crippen LogP contribution is -2.21. The van der Waals surface area contributed by atoms with Gasteiger partial charge in [0, 0.05) is 17.5 Å². The van der Waals surface area contributed by atoms with Gasteiger partial charge in [-0.2, -0.15) is 0 Å². The highest BCUT2D eigenvalue weighted by atomic mass is 16.3. The predicted octanol–water partition coefficient (Wildman–Crippen LogP) is 1.79. The molecule has 2 amide bonds. The standard InChI is InChI=1S/C11H10N2O2/c14-11-12-5-9(13-11)8-6-15-10-4-2-1-3-7(8)10/h1-4,6,9H,5H2,(H2,12,13,14). The van der Waals surface area contributed by atoms with E-state index >= 15 is 0 Å². The zero-order chi connectivity index (χ0) is 10.3. The van der Waals surface area contributed by atoms with E-state index in [1.54, 1.807) is 6.26 Å². The third-order valence-electron chi connectivity index (χ3n) is 2.66. The number of urea groups is 1. The Kier molecular flexibility index (Phi) is 1.68. The van der Waals surface area contributed by atoms with Crippen molar-refractivity contribution in [3.63, 3.8) is 0 Å². The summed E-state index contributed by atoms with van der Waals surface area (Å²) in [5, 5.41) is 6.63. The van der Waals surface area contributed by atoms with E-state index in [2.05, 4.69) is 10.6 Å². The van der Waals surface area contributed by atoms with Gasteiger partial charge in [-0.05, 0) is 6.07 Å². The van der Waals surface area contributed by atoms with Crippen LogP contribution in [0.2, 0.25) is 0 Å². The number of amides is 2. The maximum absolute atomic E-state index is 11.0. The molecule has 76 valence electrons. The van der Waals surface area contributed by atoms with E-state index in [1.807, 2.05) is 24.3 Å². The van der Waals surface area contributed by atoms with Gasteiger partial charge in [-0.25, -0.2) is 4.79 Å². The Morgan fingerprint density at radius 1 is 1.33 bits per heavy atom. The summed E-state index contributed by atoms with van der Waals surface area (Å²) in [6.45, 7) is 0.613. The topological polar surface area (TPSA) is 54.3 Å². The van der Waals surface area contributed by atoms with Crippen molar-refractivity contribution in [2.45, 2.75) is 6.04 Å². The molecule has 1 fully saturated rings. The summed E-state index contributed by atoms with van der Waals surface area (Å²) in [6.07, 6.45) is 1.71. The lowest BCUT2D eigenvalue weighted by molar-refractivity contribution is 0.247. The number of nitrogens with one attached hydrogen (secondary N) is 2. The fraction of sp³-hybridized carbons (Fsp3) is 0.182. The molecule has 0 aliphatic carbocycles. The Morgan fingerprint density at radius 2 is 2.20 bits per heavy atom. The van der Waals surface area contributed by atoms with Crippen molar-refractivity contribution in [1.82, 2.24) is 10.6 Å². The molecule has 2 aromatic rings. The summed E-state index contributed by atoms with van der Waals surface area (Å²) in [5.41, 5.74) is 1.89. The van der Waals surface area contributed by atoms with Gasteiger partial charge in [0.05, 0.1) is 12.3 Å². The van der Waals surface area contributed by atoms with Crippen LogP contribution in [0.5, 0.6) is 0 Å². The Bertz CT molecular complexity index is 518.